The maximum absolute atomic E-state index is 12.7. The fraction of sp³-hybridized carbons (Fsp3) is 0.471. The number of anilines is 1. The van der Waals surface area contributed by atoms with E-state index in [4.69, 9.17) is 0 Å². The first kappa shape index (κ1) is 15.7. The van der Waals surface area contributed by atoms with E-state index < -0.39 is 5.97 Å². The number of rotatable bonds is 3. The number of esters is 1. The highest BCUT2D eigenvalue weighted by Crippen LogP contribution is 2.27. The van der Waals surface area contributed by atoms with Crippen molar-refractivity contribution >= 4 is 23.5 Å². The molecule has 1 aromatic carbocycles. The van der Waals surface area contributed by atoms with Gasteiger partial charge in [0.1, 0.15) is 0 Å². The average Bonchev–Trinajstić information content (AvgIpc) is 2.89. The van der Waals surface area contributed by atoms with Gasteiger partial charge in [0.15, 0.2) is 0 Å². The molecular weight excluding hydrogens is 296 g/mol. The van der Waals surface area contributed by atoms with Gasteiger partial charge in [0.05, 0.1) is 30.8 Å². The first-order valence-corrected chi connectivity index (χ1v) is 7.91. The Bertz CT molecular complexity index is 620. The van der Waals surface area contributed by atoms with Gasteiger partial charge in [-0.3, -0.25) is 14.5 Å². The van der Waals surface area contributed by atoms with Crippen LogP contribution >= 0.6 is 0 Å². The number of benzene rings is 1. The maximum atomic E-state index is 12.7. The molecule has 1 aromatic rings. The Hall–Kier alpha value is -2.21. The molecule has 0 unspecified atom stereocenters. The van der Waals surface area contributed by atoms with E-state index in [1.54, 1.807) is 24.3 Å². The van der Waals surface area contributed by atoms with E-state index in [-0.39, 0.29) is 24.3 Å². The minimum atomic E-state index is -0.443. The third-order valence-electron chi connectivity index (χ3n) is 4.50. The van der Waals surface area contributed by atoms with Gasteiger partial charge in [-0.1, -0.05) is 6.42 Å². The normalized spacial score (nSPS) is 22.5. The minimum Gasteiger partial charge on any atom is -0.465 e. The summed E-state index contributed by atoms with van der Waals surface area (Å²) >= 11 is 0. The summed E-state index contributed by atoms with van der Waals surface area (Å²) in [6, 6.07) is 6.01. The summed E-state index contributed by atoms with van der Waals surface area (Å²) in [6.45, 7) is 1.75. The quantitative estimate of drug-likeness (QED) is 0.626. The number of methoxy groups -OCH3 is 1. The fourth-order valence-electron chi connectivity index (χ4n) is 3.27. The van der Waals surface area contributed by atoms with Crippen LogP contribution < -0.4 is 4.90 Å². The van der Waals surface area contributed by atoms with E-state index in [9.17, 15) is 14.4 Å². The number of likely N-dealkylation sites (tertiary alicyclic amines) is 1. The largest absolute Gasteiger partial charge is 0.465 e. The van der Waals surface area contributed by atoms with E-state index in [1.807, 2.05) is 0 Å². The molecular formula is C17H20N2O4. The highest BCUT2D eigenvalue weighted by molar-refractivity contribution is 6.22. The lowest BCUT2D eigenvalue weighted by atomic mass is 10.1. The van der Waals surface area contributed by atoms with Crippen molar-refractivity contribution in [2.24, 2.45) is 0 Å². The van der Waals surface area contributed by atoms with Crippen LogP contribution in [0.2, 0.25) is 0 Å². The van der Waals surface area contributed by atoms with Crippen molar-refractivity contribution in [1.29, 1.82) is 0 Å². The Morgan fingerprint density at radius 2 is 1.74 bits per heavy atom. The Morgan fingerprint density at radius 1 is 1.09 bits per heavy atom. The number of piperidine rings is 1. The number of hydrogen-bond donors (Lipinski definition) is 0. The van der Waals surface area contributed by atoms with Gasteiger partial charge in [-0.2, -0.15) is 0 Å². The van der Waals surface area contributed by atoms with Gasteiger partial charge in [-0.15, -0.1) is 0 Å². The molecule has 0 N–H and O–H groups in total. The second-order valence-electron chi connectivity index (χ2n) is 5.92. The summed E-state index contributed by atoms with van der Waals surface area (Å²) in [4.78, 5) is 39.8. The monoisotopic (exact) mass is 316 g/mol. The van der Waals surface area contributed by atoms with E-state index in [0.29, 0.717) is 11.3 Å². The smallest absolute Gasteiger partial charge is 0.337 e. The van der Waals surface area contributed by atoms with Crippen LogP contribution in [0.1, 0.15) is 36.0 Å². The zero-order chi connectivity index (χ0) is 16.4. The lowest BCUT2D eigenvalue weighted by molar-refractivity contribution is -0.123. The van der Waals surface area contributed by atoms with Crippen LogP contribution in [0.25, 0.3) is 0 Å². The van der Waals surface area contributed by atoms with Gasteiger partial charge < -0.3 is 4.74 Å². The van der Waals surface area contributed by atoms with Crippen LogP contribution in [-0.2, 0) is 14.3 Å². The molecule has 2 amide bonds. The molecule has 3 rings (SSSR count). The summed E-state index contributed by atoms with van der Waals surface area (Å²) in [6.07, 6.45) is 3.57. The Labute approximate surface area is 135 Å². The van der Waals surface area contributed by atoms with Crippen molar-refractivity contribution in [3.05, 3.63) is 29.8 Å². The van der Waals surface area contributed by atoms with Gasteiger partial charge in [-0.05, 0) is 50.2 Å². The number of hydrogen-bond acceptors (Lipinski definition) is 5. The SMILES string of the molecule is COC(=O)c1ccc(N2C(=O)C[C@H](N3CCCCC3)C2=O)cc1. The van der Waals surface area contributed by atoms with Crippen molar-refractivity contribution in [2.45, 2.75) is 31.7 Å². The first-order chi connectivity index (χ1) is 11.1. The first-order valence-electron chi connectivity index (χ1n) is 7.91. The molecule has 0 saturated carbocycles. The summed E-state index contributed by atoms with van der Waals surface area (Å²) in [5.74, 6) is -0.791. The van der Waals surface area contributed by atoms with Crippen LogP contribution in [0.3, 0.4) is 0 Å². The molecule has 6 heteroatoms. The van der Waals surface area contributed by atoms with Crippen molar-refractivity contribution in [1.82, 2.24) is 4.90 Å². The fourth-order valence-corrected chi connectivity index (χ4v) is 3.27. The molecule has 0 aliphatic carbocycles. The molecule has 0 aromatic heterocycles. The van der Waals surface area contributed by atoms with E-state index in [1.165, 1.54) is 18.4 Å². The molecule has 1 atom stereocenters. The Balaban J connectivity index is 1.78. The Morgan fingerprint density at radius 3 is 2.35 bits per heavy atom. The van der Waals surface area contributed by atoms with Gasteiger partial charge >= 0.3 is 5.97 Å². The number of ether oxygens (including phenoxy) is 1. The van der Waals surface area contributed by atoms with Crippen LogP contribution in [-0.4, -0.2) is 48.9 Å². The molecule has 2 fully saturated rings. The third kappa shape index (κ3) is 2.99. The number of imide groups is 1. The molecule has 23 heavy (non-hydrogen) atoms. The third-order valence-corrected chi connectivity index (χ3v) is 4.50. The molecule has 0 spiro atoms. The van der Waals surface area contributed by atoms with Gasteiger partial charge in [0, 0.05) is 0 Å². The number of nitrogens with zero attached hydrogens (tertiary/aromatic N) is 2. The van der Waals surface area contributed by atoms with E-state index >= 15 is 0 Å². The predicted molar refractivity (Wildman–Crippen MR) is 84.1 cm³/mol. The summed E-state index contributed by atoms with van der Waals surface area (Å²) in [5, 5.41) is 0. The number of amides is 2. The average molecular weight is 316 g/mol. The van der Waals surface area contributed by atoms with Crippen molar-refractivity contribution in [3.8, 4) is 0 Å². The molecule has 122 valence electrons. The predicted octanol–water partition coefficient (Wildman–Crippen LogP) is 1.59. The van der Waals surface area contributed by atoms with Crippen LogP contribution in [0.5, 0.6) is 0 Å². The molecule has 0 bridgehead atoms. The zero-order valence-electron chi connectivity index (χ0n) is 13.2. The second kappa shape index (κ2) is 6.50. The molecule has 2 saturated heterocycles. The standard InChI is InChI=1S/C17H20N2O4/c1-23-17(22)12-5-7-13(8-6-12)19-15(20)11-14(16(19)21)18-9-3-2-4-10-18/h5-8,14H,2-4,9-11H2,1H3/t14-/m0/s1. The van der Waals surface area contributed by atoms with Crippen molar-refractivity contribution in [2.75, 3.05) is 25.1 Å². The van der Waals surface area contributed by atoms with E-state index in [0.717, 1.165) is 25.9 Å². The summed E-state index contributed by atoms with van der Waals surface area (Å²) in [5.41, 5.74) is 0.898. The molecule has 6 nitrogen and oxygen atoms in total. The van der Waals surface area contributed by atoms with Crippen LogP contribution in [0.4, 0.5) is 5.69 Å². The zero-order valence-corrected chi connectivity index (χ0v) is 13.2. The number of carbonyl (C=O) groups excluding carboxylic acids is 3. The minimum absolute atomic E-state index is 0.164. The number of carbonyl (C=O) groups is 3. The lowest BCUT2D eigenvalue weighted by Gasteiger charge is -2.30. The van der Waals surface area contributed by atoms with Gasteiger partial charge in [0.2, 0.25) is 5.91 Å². The van der Waals surface area contributed by atoms with Gasteiger partial charge in [0.25, 0.3) is 5.91 Å². The molecule has 2 aliphatic rings. The van der Waals surface area contributed by atoms with Crippen molar-refractivity contribution in [3.63, 3.8) is 0 Å². The summed E-state index contributed by atoms with van der Waals surface area (Å²) < 4.78 is 4.65. The van der Waals surface area contributed by atoms with E-state index in [2.05, 4.69) is 9.64 Å². The summed E-state index contributed by atoms with van der Waals surface area (Å²) in [7, 11) is 1.31. The molecule has 0 radical (unpaired) electrons. The highest BCUT2D eigenvalue weighted by Gasteiger charge is 2.42. The lowest BCUT2D eigenvalue weighted by Crippen LogP contribution is -2.44. The maximum Gasteiger partial charge on any atom is 0.337 e. The second-order valence-corrected chi connectivity index (χ2v) is 5.92. The Kier molecular flexibility index (Phi) is 4.43. The van der Waals surface area contributed by atoms with Gasteiger partial charge in [-0.25, -0.2) is 9.69 Å². The topological polar surface area (TPSA) is 66.9 Å². The van der Waals surface area contributed by atoms with Crippen LogP contribution in [0.15, 0.2) is 24.3 Å². The molecule has 2 aliphatic heterocycles. The highest BCUT2D eigenvalue weighted by atomic mass is 16.5. The van der Waals surface area contributed by atoms with Crippen molar-refractivity contribution < 1.29 is 19.1 Å². The van der Waals surface area contributed by atoms with Crippen LogP contribution in [0, 0.1) is 0 Å². The molecule has 2 heterocycles.